The molecule has 2 aromatic carbocycles. The molecule has 0 aliphatic heterocycles. The molecule has 0 atom stereocenters. The van der Waals surface area contributed by atoms with Crippen LogP contribution in [0, 0.1) is 0 Å². The summed E-state index contributed by atoms with van der Waals surface area (Å²) in [7, 11) is 4.51. The minimum Gasteiger partial charge on any atom is -0.493 e. The number of unbranched alkanes of at least 4 members (excludes halogenated alkanes) is 13. The number of esters is 1. The second-order valence-corrected chi connectivity index (χ2v) is 12.8. The van der Waals surface area contributed by atoms with Crippen LogP contribution in [0.25, 0.3) is 0 Å². The molecule has 0 saturated heterocycles. The van der Waals surface area contributed by atoms with Crippen molar-refractivity contribution in [2.24, 2.45) is 0 Å². The molecule has 0 bridgehead atoms. The van der Waals surface area contributed by atoms with E-state index in [9.17, 15) is 4.79 Å². The fourth-order valence-electron chi connectivity index (χ4n) is 5.62. The SMILES string of the molecule is CCCCCCCCCCCCCCc1ccccc1OCCCCOC(=O)CCCC[N+](C)(C)Cc1ccccc1. The highest BCUT2D eigenvalue weighted by atomic mass is 16.5. The molecule has 42 heavy (non-hydrogen) atoms. The Kier molecular flexibility index (Phi) is 19.8. The van der Waals surface area contributed by atoms with Crippen molar-refractivity contribution in [3.8, 4) is 5.75 Å². The average molecular weight is 581 g/mol. The molecule has 236 valence electrons. The number of hydrogen-bond acceptors (Lipinski definition) is 3. The maximum atomic E-state index is 12.2. The van der Waals surface area contributed by atoms with Crippen LogP contribution in [0.2, 0.25) is 0 Å². The van der Waals surface area contributed by atoms with E-state index in [0.717, 1.165) is 55.4 Å². The van der Waals surface area contributed by atoms with E-state index in [2.05, 4.69) is 75.6 Å². The Bertz CT molecular complexity index is 927. The minimum atomic E-state index is -0.0722. The van der Waals surface area contributed by atoms with Gasteiger partial charge in [-0.25, -0.2) is 0 Å². The molecule has 0 unspecified atom stereocenters. The van der Waals surface area contributed by atoms with Crippen LogP contribution in [0.3, 0.4) is 0 Å². The highest BCUT2D eigenvalue weighted by molar-refractivity contribution is 5.69. The number of carbonyl (C=O) groups is 1. The van der Waals surface area contributed by atoms with Gasteiger partial charge in [0.05, 0.1) is 33.9 Å². The van der Waals surface area contributed by atoms with Gasteiger partial charge in [-0.05, 0) is 50.2 Å². The fourth-order valence-corrected chi connectivity index (χ4v) is 5.62. The van der Waals surface area contributed by atoms with E-state index in [4.69, 9.17) is 9.47 Å². The molecule has 0 heterocycles. The first-order valence-electron chi connectivity index (χ1n) is 17.2. The van der Waals surface area contributed by atoms with Gasteiger partial charge in [-0.15, -0.1) is 0 Å². The van der Waals surface area contributed by atoms with Crippen LogP contribution in [-0.4, -0.2) is 44.3 Å². The normalized spacial score (nSPS) is 11.5. The number of benzene rings is 2. The third kappa shape index (κ3) is 18.3. The molecule has 0 aliphatic carbocycles. The smallest absolute Gasteiger partial charge is 0.305 e. The number of para-hydroxylation sites is 1. The second-order valence-electron chi connectivity index (χ2n) is 12.8. The van der Waals surface area contributed by atoms with Gasteiger partial charge in [0.25, 0.3) is 0 Å². The van der Waals surface area contributed by atoms with E-state index in [1.807, 2.05) is 0 Å². The summed E-state index contributed by atoms with van der Waals surface area (Å²) in [5, 5.41) is 0. The van der Waals surface area contributed by atoms with Crippen LogP contribution in [0.15, 0.2) is 54.6 Å². The van der Waals surface area contributed by atoms with Crippen molar-refractivity contribution in [1.82, 2.24) is 0 Å². The molecule has 4 heteroatoms. The molecule has 0 N–H and O–H groups in total. The molecule has 0 radical (unpaired) electrons. The molecular weight excluding hydrogens is 518 g/mol. The Hall–Kier alpha value is -2.33. The summed E-state index contributed by atoms with van der Waals surface area (Å²) in [6, 6.07) is 19.1. The maximum absolute atomic E-state index is 12.2. The highest BCUT2D eigenvalue weighted by Crippen LogP contribution is 2.21. The predicted octanol–water partition coefficient (Wildman–Crippen LogP) is 10.1. The summed E-state index contributed by atoms with van der Waals surface area (Å²) in [4.78, 5) is 12.2. The second kappa shape index (κ2) is 23.2. The summed E-state index contributed by atoms with van der Waals surface area (Å²) < 4.78 is 12.5. The van der Waals surface area contributed by atoms with Gasteiger partial charge < -0.3 is 14.0 Å². The Labute approximate surface area is 258 Å². The van der Waals surface area contributed by atoms with Crippen molar-refractivity contribution in [3.63, 3.8) is 0 Å². The van der Waals surface area contributed by atoms with E-state index in [0.29, 0.717) is 19.6 Å². The number of quaternary nitrogens is 1. The third-order valence-corrected chi connectivity index (χ3v) is 8.18. The number of nitrogens with zero attached hydrogens (tertiary/aromatic N) is 1. The van der Waals surface area contributed by atoms with Crippen LogP contribution in [0.5, 0.6) is 5.75 Å². The quantitative estimate of drug-likeness (QED) is 0.0631. The lowest BCUT2D eigenvalue weighted by Gasteiger charge is -2.30. The monoisotopic (exact) mass is 580 g/mol. The van der Waals surface area contributed by atoms with Gasteiger partial charge in [0, 0.05) is 12.0 Å². The Balaban J connectivity index is 1.45. The molecule has 0 aromatic heterocycles. The van der Waals surface area contributed by atoms with Crippen molar-refractivity contribution < 1.29 is 18.8 Å². The third-order valence-electron chi connectivity index (χ3n) is 8.18. The average Bonchev–Trinajstić information content (AvgIpc) is 2.98. The van der Waals surface area contributed by atoms with Crippen molar-refractivity contribution >= 4 is 5.97 Å². The first-order valence-corrected chi connectivity index (χ1v) is 17.2. The molecule has 0 aliphatic rings. The van der Waals surface area contributed by atoms with Crippen LogP contribution < -0.4 is 4.74 Å². The highest BCUT2D eigenvalue weighted by Gasteiger charge is 2.15. The zero-order chi connectivity index (χ0) is 30.1. The Morgan fingerprint density at radius 1 is 0.643 bits per heavy atom. The summed E-state index contributed by atoms with van der Waals surface area (Å²) in [5.74, 6) is 0.947. The van der Waals surface area contributed by atoms with Gasteiger partial charge in [-0.2, -0.15) is 0 Å². The van der Waals surface area contributed by atoms with Gasteiger partial charge >= 0.3 is 5.97 Å². The number of rotatable bonds is 26. The summed E-state index contributed by atoms with van der Waals surface area (Å²) in [6.07, 6.45) is 21.8. The summed E-state index contributed by atoms with van der Waals surface area (Å²) >= 11 is 0. The predicted molar refractivity (Wildman–Crippen MR) is 178 cm³/mol. The van der Waals surface area contributed by atoms with E-state index in [1.54, 1.807) is 0 Å². The number of hydrogen-bond donors (Lipinski definition) is 0. The van der Waals surface area contributed by atoms with Crippen molar-refractivity contribution in [3.05, 3.63) is 65.7 Å². The van der Waals surface area contributed by atoms with Gasteiger partial charge in [0.15, 0.2) is 0 Å². The lowest BCUT2D eigenvalue weighted by atomic mass is 10.0. The van der Waals surface area contributed by atoms with E-state index < -0.39 is 0 Å². The van der Waals surface area contributed by atoms with E-state index in [1.165, 1.54) is 88.2 Å². The number of carbonyl (C=O) groups excluding carboxylic acids is 1. The first kappa shape index (κ1) is 35.9. The van der Waals surface area contributed by atoms with Gasteiger partial charge in [-0.3, -0.25) is 4.79 Å². The van der Waals surface area contributed by atoms with E-state index in [-0.39, 0.29) is 5.97 Å². The van der Waals surface area contributed by atoms with Gasteiger partial charge in [-0.1, -0.05) is 126 Å². The van der Waals surface area contributed by atoms with Crippen LogP contribution in [0.1, 0.15) is 127 Å². The van der Waals surface area contributed by atoms with Gasteiger partial charge in [0.2, 0.25) is 0 Å². The number of ether oxygens (including phenoxy) is 2. The number of aryl methyl sites for hydroxylation is 1. The standard InChI is InChI=1S/C38H62NO3/c1-4-5-6-7-8-9-10-11-12-13-14-18-27-36-28-19-20-29-37(36)41-32-23-24-33-42-38(40)30-21-22-31-39(2,3)34-35-25-16-15-17-26-35/h15-17,19-20,25-26,28-29H,4-14,18,21-24,27,30-34H2,1-3H3/q+1. The molecule has 4 nitrogen and oxygen atoms in total. The molecule has 2 aromatic rings. The summed E-state index contributed by atoms with van der Waals surface area (Å²) in [6.45, 7) is 5.50. The van der Waals surface area contributed by atoms with Crippen LogP contribution in [-0.2, 0) is 22.5 Å². The molecule has 0 amide bonds. The minimum absolute atomic E-state index is 0.0722. The zero-order valence-corrected chi connectivity index (χ0v) is 27.4. The Morgan fingerprint density at radius 2 is 1.24 bits per heavy atom. The van der Waals surface area contributed by atoms with Crippen LogP contribution in [0.4, 0.5) is 0 Å². The fraction of sp³-hybridized carbons (Fsp3) is 0.658. The lowest BCUT2D eigenvalue weighted by Crippen LogP contribution is -2.39. The first-order chi connectivity index (χ1) is 20.5. The molecule has 0 fully saturated rings. The molecule has 0 saturated carbocycles. The lowest BCUT2D eigenvalue weighted by molar-refractivity contribution is -0.903. The van der Waals surface area contributed by atoms with Crippen molar-refractivity contribution in [2.75, 3.05) is 33.9 Å². The largest absolute Gasteiger partial charge is 0.493 e. The Morgan fingerprint density at radius 3 is 1.93 bits per heavy atom. The zero-order valence-electron chi connectivity index (χ0n) is 27.4. The topological polar surface area (TPSA) is 35.5 Å². The summed E-state index contributed by atoms with van der Waals surface area (Å²) in [5.41, 5.74) is 2.68. The maximum Gasteiger partial charge on any atom is 0.305 e. The van der Waals surface area contributed by atoms with Crippen molar-refractivity contribution in [2.45, 2.75) is 129 Å². The van der Waals surface area contributed by atoms with Crippen molar-refractivity contribution in [1.29, 1.82) is 0 Å². The van der Waals surface area contributed by atoms with Gasteiger partial charge in [0.1, 0.15) is 12.3 Å². The molecular formula is C38H62NO3+. The van der Waals surface area contributed by atoms with E-state index >= 15 is 0 Å². The molecule has 0 spiro atoms. The van der Waals surface area contributed by atoms with Crippen LogP contribution >= 0.6 is 0 Å². The molecule has 2 rings (SSSR count).